The molecule has 0 radical (unpaired) electrons. The summed E-state index contributed by atoms with van der Waals surface area (Å²) in [6.07, 6.45) is 4.69. The largest absolute Gasteiger partial charge is 0.325 e. The third-order valence-corrected chi connectivity index (χ3v) is 5.26. The first kappa shape index (κ1) is 18.6. The van der Waals surface area contributed by atoms with Crippen molar-refractivity contribution >= 4 is 23.4 Å². The Kier molecular flexibility index (Phi) is 6.95. The summed E-state index contributed by atoms with van der Waals surface area (Å²) in [5, 5.41) is 11.2. The molecule has 1 N–H and O–H groups in total. The molecule has 1 fully saturated rings. The van der Waals surface area contributed by atoms with E-state index in [2.05, 4.69) is 37.5 Å². The average Bonchev–Trinajstić information content (AvgIpc) is 3.10. The van der Waals surface area contributed by atoms with E-state index < -0.39 is 0 Å². The lowest BCUT2D eigenvalue weighted by Gasteiger charge is -2.31. The van der Waals surface area contributed by atoms with Crippen molar-refractivity contribution in [1.29, 1.82) is 5.26 Å². The molecule has 0 spiro atoms. The topological polar surface area (TPSA) is 59.4 Å². The van der Waals surface area contributed by atoms with Gasteiger partial charge in [-0.1, -0.05) is 6.92 Å². The van der Waals surface area contributed by atoms with Crippen LogP contribution in [-0.4, -0.2) is 47.2 Å². The minimum Gasteiger partial charge on any atom is -0.325 e. The molecule has 1 unspecified atom stereocenters. The standard InChI is InChI=1S/C18H26N4OS/c1-4-14(2)22(20-15-7-9-17(24-3)10-8-15)13-18(23)21-11-5-6-16(21)12-19/h7-10,14,16,20H,4-6,11,13H2,1-3H3/t14-,16?/m0/s1. The summed E-state index contributed by atoms with van der Waals surface area (Å²) < 4.78 is 0. The Morgan fingerprint density at radius 3 is 2.79 bits per heavy atom. The first-order valence-electron chi connectivity index (χ1n) is 8.45. The van der Waals surface area contributed by atoms with Crippen molar-refractivity contribution < 1.29 is 4.79 Å². The number of likely N-dealkylation sites (tertiary alicyclic amines) is 1. The van der Waals surface area contributed by atoms with Crippen molar-refractivity contribution in [2.75, 3.05) is 24.8 Å². The molecule has 5 nitrogen and oxygen atoms in total. The van der Waals surface area contributed by atoms with Crippen LogP contribution in [0.25, 0.3) is 0 Å². The molecule has 1 saturated heterocycles. The normalized spacial score (nSPS) is 18.5. The van der Waals surface area contributed by atoms with Crippen molar-refractivity contribution in [2.24, 2.45) is 0 Å². The molecular formula is C18H26N4OS. The number of hydrogen-bond acceptors (Lipinski definition) is 5. The zero-order valence-electron chi connectivity index (χ0n) is 14.7. The Hall–Kier alpha value is -1.71. The fourth-order valence-electron chi connectivity index (χ4n) is 2.79. The van der Waals surface area contributed by atoms with Gasteiger partial charge in [0.15, 0.2) is 0 Å². The average molecular weight is 347 g/mol. The number of rotatable bonds is 7. The third kappa shape index (κ3) is 4.65. The van der Waals surface area contributed by atoms with Crippen molar-refractivity contribution in [2.45, 2.75) is 50.1 Å². The highest BCUT2D eigenvalue weighted by molar-refractivity contribution is 7.98. The van der Waals surface area contributed by atoms with Crippen LogP contribution in [0, 0.1) is 11.3 Å². The lowest BCUT2D eigenvalue weighted by Crippen LogP contribution is -2.47. The van der Waals surface area contributed by atoms with E-state index in [0.29, 0.717) is 6.54 Å². The number of nitrogens with zero attached hydrogens (tertiary/aromatic N) is 3. The van der Waals surface area contributed by atoms with Gasteiger partial charge in [0.1, 0.15) is 6.04 Å². The molecule has 2 atom stereocenters. The van der Waals surface area contributed by atoms with Crippen molar-refractivity contribution in [3.8, 4) is 6.07 Å². The molecule has 1 heterocycles. The Balaban J connectivity index is 2.04. The first-order valence-corrected chi connectivity index (χ1v) is 9.68. The highest BCUT2D eigenvalue weighted by Gasteiger charge is 2.30. The third-order valence-electron chi connectivity index (χ3n) is 4.51. The summed E-state index contributed by atoms with van der Waals surface area (Å²) in [5.74, 6) is 0.0209. The maximum absolute atomic E-state index is 12.6. The zero-order chi connectivity index (χ0) is 17.5. The summed E-state index contributed by atoms with van der Waals surface area (Å²) >= 11 is 1.70. The second kappa shape index (κ2) is 8.95. The van der Waals surface area contributed by atoms with E-state index in [1.54, 1.807) is 16.7 Å². The van der Waals surface area contributed by atoms with Gasteiger partial charge in [-0.3, -0.25) is 4.79 Å². The van der Waals surface area contributed by atoms with E-state index in [0.717, 1.165) is 24.9 Å². The SMILES string of the molecule is CC[C@H](C)N(CC(=O)N1CCCC1C#N)Nc1ccc(SC)cc1. The number of carbonyl (C=O) groups excluding carboxylic acids is 1. The van der Waals surface area contributed by atoms with Crippen molar-refractivity contribution in [3.05, 3.63) is 24.3 Å². The Labute approximate surface area is 149 Å². The molecule has 6 heteroatoms. The molecule has 2 rings (SSSR count). The minimum atomic E-state index is -0.267. The first-order chi connectivity index (χ1) is 11.6. The van der Waals surface area contributed by atoms with E-state index in [9.17, 15) is 10.1 Å². The van der Waals surface area contributed by atoms with E-state index in [1.807, 2.05) is 23.4 Å². The summed E-state index contributed by atoms with van der Waals surface area (Å²) in [7, 11) is 0. The molecule has 1 aliphatic rings. The summed E-state index contributed by atoms with van der Waals surface area (Å²) in [6.45, 7) is 5.17. The van der Waals surface area contributed by atoms with Crippen LogP contribution in [0.2, 0.25) is 0 Å². The van der Waals surface area contributed by atoms with Crippen molar-refractivity contribution in [1.82, 2.24) is 9.91 Å². The van der Waals surface area contributed by atoms with Gasteiger partial charge in [0.2, 0.25) is 5.91 Å². The highest BCUT2D eigenvalue weighted by atomic mass is 32.2. The van der Waals surface area contributed by atoms with Crippen LogP contribution in [0.15, 0.2) is 29.2 Å². The number of thioether (sulfide) groups is 1. The number of nitrogens with one attached hydrogen (secondary N) is 1. The Morgan fingerprint density at radius 2 is 2.21 bits per heavy atom. The van der Waals surface area contributed by atoms with Crippen molar-refractivity contribution in [3.63, 3.8) is 0 Å². The Morgan fingerprint density at radius 1 is 1.50 bits per heavy atom. The molecule has 1 aromatic carbocycles. The van der Waals surface area contributed by atoms with Crippen LogP contribution in [0.4, 0.5) is 5.69 Å². The summed E-state index contributed by atoms with van der Waals surface area (Å²) in [6, 6.07) is 10.4. The minimum absolute atomic E-state index is 0.0209. The van der Waals surface area contributed by atoms with E-state index in [1.165, 1.54) is 4.90 Å². The van der Waals surface area contributed by atoms with Gasteiger partial charge in [0.05, 0.1) is 12.6 Å². The number of amides is 1. The smallest absolute Gasteiger partial charge is 0.239 e. The van der Waals surface area contributed by atoms with Crippen LogP contribution in [-0.2, 0) is 4.79 Å². The monoisotopic (exact) mass is 346 g/mol. The quantitative estimate of drug-likeness (QED) is 0.606. The maximum atomic E-state index is 12.6. The van der Waals surface area contributed by atoms with Gasteiger partial charge in [-0.2, -0.15) is 5.26 Å². The second-order valence-corrected chi connectivity index (χ2v) is 6.98. The van der Waals surface area contributed by atoms with Gasteiger partial charge in [-0.15, -0.1) is 11.8 Å². The van der Waals surface area contributed by atoms with Gasteiger partial charge in [-0.05, 0) is 56.7 Å². The molecule has 24 heavy (non-hydrogen) atoms. The number of nitriles is 1. The van der Waals surface area contributed by atoms with Gasteiger partial charge in [-0.25, -0.2) is 5.01 Å². The number of anilines is 1. The molecule has 0 aromatic heterocycles. The van der Waals surface area contributed by atoms with Crippen LogP contribution in [0.3, 0.4) is 0 Å². The lowest BCUT2D eigenvalue weighted by molar-refractivity contribution is -0.132. The predicted octanol–water partition coefficient (Wildman–Crippen LogP) is 3.35. The molecule has 0 aliphatic carbocycles. The maximum Gasteiger partial charge on any atom is 0.239 e. The summed E-state index contributed by atoms with van der Waals surface area (Å²) in [4.78, 5) is 15.6. The van der Waals surface area contributed by atoms with E-state index >= 15 is 0 Å². The lowest BCUT2D eigenvalue weighted by atomic mass is 10.2. The van der Waals surface area contributed by atoms with Crippen LogP contribution in [0.5, 0.6) is 0 Å². The molecular weight excluding hydrogens is 320 g/mol. The second-order valence-electron chi connectivity index (χ2n) is 6.10. The summed E-state index contributed by atoms with van der Waals surface area (Å²) in [5.41, 5.74) is 4.33. The number of hydrogen-bond donors (Lipinski definition) is 1. The van der Waals surface area contributed by atoms with Gasteiger partial charge >= 0.3 is 0 Å². The number of benzene rings is 1. The molecule has 1 amide bonds. The van der Waals surface area contributed by atoms with Crippen LogP contribution >= 0.6 is 11.8 Å². The fraction of sp³-hybridized carbons (Fsp3) is 0.556. The van der Waals surface area contributed by atoms with Crippen LogP contribution in [0.1, 0.15) is 33.1 Å². The predicted molar refractivity (Wildman–Crippen MR) is 98.7 cm³/mol. The highest BCUT2D eigenvalue weighted by Crippen LogP contribution is 2.20. The molecule has 1 aliphatic heterocycles. The molecule has 1 aromatic rings. The number of hydrazine groups is 1. The van der Waals surface area contributed by atoms with Crippen LogP contribution < -0.4 is 5.43 Å². The molecule has 0 bridgehead atoms. The van der Waals surface area contributed by atoms with Gasteiger partial charge in [0, 0.05) is 23.2 Å². The zero-order valence-corrected chi connectivity index (χ0v) is 15.5. The van der Waals surface area contributed by atoms with Gasteiger partial charge < -0.3 is 10.3 Å². The van der Waals surface area contributed by atoms with Gasteiger partial charge in [0.25, 0.3) is 0 Å². The number of carbonyl (C=O) groups is 1. The molecule has 130 valence electrons. The van der Waals surface area contributed by atoms with E-state index in [4.69, 9.17) is 0 Å². The fourth-order valence-corrected chi connectivity index (χ4v) is 3.20. The Bertz CT molecular complexity index is 584. The molecule has 0 saturated carbocycles. The van der Waals surface area contributed by atoms with E-state index in [-0.39, 0.29) is 24.5 Å².